The van der Waals surface area contributed by atoms with Crippen molar-refractivity contribution in [2.75, 3.05) is 43.0 Å². The molecular formula is C27H23Cl2N3O2S. The van der Waals surface area contributed by atoms with Crippen LogP contribution in [-0.2, 0) is 4.79 Å². The first-order valence-electron chi connectivity index (χ1n) is 11.3. The SMILES string of the molecule is CN1C(=O)/C(=C/c2ccccc2Cl)Sc2ccc(C(=O)N3CCN(c4ccc(Cl)cc4)CC3)cc21. The molecule has 35 heavy (non-hydrogen) atoms. The van der Waals surface area contributed by atoms with Crippen LogP contribution < -0.4 is 9.80 Å². The Morgan fingerprint density at radius 1 is 0.943 bits per heavy atom. The van der Waals surface area contributed by atoms with E-state index in [9.17, 15) is 9.59 Å². The molecular weight excluding hydrogens is 501 g/mol. The lowest BCUT2D eigenvalue weighted by Crippen LogP contribution is -2.48. The Bertz CT molecular complexity index is 1320. The molecule has 178 valence electrons. The van der Waals surface area contributed by atoms with Crippen LogP contribution in [0.3, 0.4) is 0 Å². The van der Waals surface area contributed by atoms with Gasteiger partial charge in [-0.25, -0.2) is 0 Å². The van der Waals surface area contributed by atoms with E-state index in [1.165, 1.54) is 11.8 Å². The number of rotatable bonds is 3. The topological polar surface area (TPSA) is 43.9 Å². The molecule has 0 N–H and O–H groups in total. The Morgan fingerprint density at radius 3 is 2.37 bits per heavy atom. The molecule has 0 unspecified atom stereocenters. The fraction of sp³-hybridized carbons (Fsp3) is 0.185. The van der Waals surface area contributed by atoms with Crippen molar-refractivity contribution in [1.82, 2.24) is 4.90 Å². The van der Waals surface area contributed by atoms with Gasteiger partial charge in [-0.1, -0.05) is 53.2 Å². The molecule has 5 nitrogen and oxygen atoms in total. The number of halogens is 2. The predicted molar refractivity (Wildman–Crippen MR) is 145 cm³/mol. The molecule has 3 aromatic carbocycles. The minimum Gasteiger partial charge on any atom is -0.368 e. The van der Waals surface area contributed by atoms with Crippen LogP contribution in [0.4, 0.5) is 11.4 Å². The molecule has 0 bridgehead atoms. The van der Waals surface area contributed by atoms with E-state index >= 15 is 0 Å². The first-order valence-corrected chi connectivity index (χ1v) is 12.8. The zero-order chi connectivity index (χ0) is 24.5. The largest absolute Gasteiger partial charge is 0.368 e. The van der Waals surface area contributed by atoms with Gasteiger partial charge in [-0.05, 0) is 60.2 Å². The highest BCUT2D eigenvalue weighted by molar-refractivity contribution is 8.04. The van der Waals surface area contributed by atoms with Gasteiger partial charge < -0.3 is 14.7 Å². The normalized spacial score (nSPS) is 17.1. The molecule has 0 aromatic heterocycles. The molecule has 3 aromatic rings. The zero-order valence-corrected chi connectivity index (χ0v) is 21.4. The van der Waals surface area contributed by atoms with Crippen molar-refractivity contribution in [2.24, 2.45) is 0 Å². The Labute approximate surface area is 218 Å². The number of amides is 2. The van der Waals surface area contributed by atoms with Gasteiger partial charge in [0, 0.05) is 59.4 Å². The fourth-order valence-electron chi connectivity index (χ4n) is 4.26. The third kappa shape index (κ3) is 4.92. The standard InChI is InChI=1S/C27H23Cl2N3O2S/c1-30-23-16-19(26(33)32-14-12-31(13-15-32)21-9-7-20(28)8-10-21)6-11-24(23)35-25(27(30)34)17-18-4-2-3-5-22(18)29/h2-11,16-17H,12-15H2,1H3/b25-17-. The van der Waals surface area contributed by atoms with Crippen LogP contribution >= 0.6 is 35.0 Å². The number of nitrogens with zero attached hydrogens (tertiary/aromatic N) is 3. The number of benzene rings is 3. The summed E-state index contributed by atoms with van der Waals surface area (Å²) in [5.41, 5.74) is 3.23. The summed E-state index contributed by atoms with van der Waals surface area (Å²) in [7, 11) is 1.74. The molecule has 0 saturated carbocycles. The quantitative estimate of drug-likeness (QED) is 0.391. The molecule has 2 amide bonds. The van der Waals surface area contributed by atoms with Crippen molar-refractivity contribution in [1.29, 1.82) is 0 Å². The summed E-state index contributed by atoms with van der Waals surface area (Å²) in [5, 5.41) is 1.31. The van der Waals surface area contributed by atoms with Gasteiger partial charge >= 0.3 is 0 Å². The van der Waals surface area contributed by atoms with Crippen LogP contribution in [-0.4, -0.2) is 49.9 Å². The second kappa shape index (κ2) is 9.97. The number of anilines is 2. The summed E-state index contributed by atoms with van der Waals surface area (Å²) < 4.78 is 0. The first-order chi connectivity index (χ1) is 16.9. The van der Waals surface area contributed by atoms with E-state index < -0.39 is 0 Å². The Morgan fingerprint density at radius 2 is 1.66 bits per heavy atom. The highest BCUT2D eigenvalue weighted by Crippen LogP contribution is 2.42. The highest BCUT2D eigenvalue weighted by Gasteiger charge is 2.29. The third-order valence-corrected chi connectivity index (χ3v) is 7.93. The Hall–Kier alpha value is -2.93. The van der Waals surface area contributed by atoms with Gasteiger partial charge in [0.15, 0.2) is 0 Å². The Kier molecular flexibility index (Phi) is 6.78. The molecule has 0 aliphatic carbocycles. The summed E-state index contributed by atoms with van der Waals surface area (Å²) in [4.78, 5) is 33.6. The number of thioether (sulfide) groups is 1. The molecule has 5 rings (SSSR count). The second-order valence-corrected chi connectivity index (χ2v) is 10.4. The smallest absolute Gasteiger partial charge is 0.264 e. The van der Waals surface area contributed by atoms with Gasteiger partial charge in [-0.3, -0.25) is 9.59 Å². The molecule has 1 fully saturated rings. The van der Waals surface area contributed by atoms with E-state index in [0.29, 0.717) is 33.6 Å². The van der Waals surface area contributed by atoms with Crippen molar-refractivity contribution in [3.8, 4) is 0 Å². The molecule has 2 heterocycles. The van der Waals surface area contributed by atoms with Crippen molar-refractivity contribution < 1.29 is 9.59 Å². The number of hydrogen-bond acceptors (Lipinski definition) is 4. The Balaban J connectivity index is 1.31. The molecule has 0 spiro atoms. The second-order valence-electron chi connectivity index (χ2n) is 8.43. The highest BCUT2D eigenvalue weighted by atomic mass is 35.5. The van der Waals surface area contributed by atoms with Crippen LogP contribution in [0.1, 0.15) is 15.9 Å². The van der Waals surface area contributed by atoms with E-state index in [2.05, 4.69) is 4.90 Å². The maximum absolute atomic E-state index is 13.3. The first kappa shape index (κ1) is 23.8. The van der Waals surface area contributed by atoms with E-state index in [1.807, 2.05) is 71.6 Å². The monoisotopic (exact) mass is 523 g/mol. The van der Waals surface area contributed by atoms with Gasteiger partial charge in [0.25, 0.3) is 11.8 Å². The van der Waals surface area contributed by atoms with E-state index in [-0.39, 0.29) is 11.8 Å². The van der Waals surface area contributed by atoms with E-state index in [0.717, 1.165) is 34.9 Å². The van der Waals surface area contributed by atoms with Crippen LogP contribution in [0, 0.1) is 0 Å². The summed E-state index contributed by atoms with van der Waals surface area (Å²) in [6.07, 6.45) is 1.81. The maximum atomic E-state index is 13.3. The minimum absolute atomic E-state index is 0.0215. The maximum Gasteiger partial charge on any atom is 0.264 e. The van der Waals surface area contributed by atoms with Gasteiger partial charge in [0.2, 0.25) is 0 Å². The number of piperazine rings is 1. The van der Waals surface area contributed by atoms with Crippen molar-refractivity contribution in [2.45, 2.75) is 4.90 Å². The summed E-state index contributed by atoms with van der Waals surface area (Å²) in [5.74, 6) is -0.143. The average molecular weight is 524 g/mol. The number of carbonyl (C=O) groups excluding carboxylic acids is 2. The van der Waals surface area contributed by atoms with Crippen LogP contribution in [0.2, 0.25) is 10.0 Å². The lowest BCUT2D eigenvalue weighted by Gasteiger charge is -2.36. The molecule has 1 saturated heterocycles. The predicted octanol–water partition coefficient (Wildman–Crippen LogP) is 6.07. The zero-order valence-electron chi connectivity index (χ0n) is 19.1. The van der Waals surface area contributed by atoms with Crippen molar-refractivity contribution in [3.63, 3.8) is 0 Å². The van der Waals surface area contributed by atoms with Gasteiger partial charge in [-0.2, -0.15) is 0 Å². The molecule has 2 aliphatic rings. The van der Waals surface area contributed by atoms with Crippen molar-refractivity contribution >= 4 is 64.2 Å². The molecule has 0 radical (unpaired) electrons. The van der Waals surface area contributed by atoms with Gasteiger partial charge in [0.1, 0.15) is 0 Å². The number of likely N-dealkylation sites (N-methyl/N-ethyl adjacent to an activating group) is 1. The van der Waals surface area contributed by atoms with Crippen LogP contribution in [0.5, 0.6) is 0 Å². The van der Waals surface area contributed by atoms with Crippen LogP contribution in [0.25, 0.3) is 6.08 Å². The van der Waals surface area contributed by atoms with Gasteiger partial charge in [-0.15, -0.1) is 0 Å². The summed E-state index contributed by atoms with van der Waals surface area (Å²) in [6, 6.07) is 20.8. The number of fused-ring (bicyclic) bond motifs is 1. The molecule has 0 atom stereocenters. The fourth-order valence-corrected chi connectivity index (χ4v) is 5.66. The van der Waals surface area contributed by atoms with Crippen molar-refractivity contribution in [3.05, 3.63) is 92.8 Å². The molecule has 2 aliphatic heterocycles. The minimum atomic E-state index is -0.122. The molecule has 8 heteroatoms. The lowest BCUT2D eigenvalue weighted by molar-refractivity contribution is -0.114. The van der Waals surface area contributed by atoms with Gasteiger partial charge in [0.05, 0.1) is 10.6 Å². The average Bonchev–Trinajstić information content (AvgIpc) is 2.88. The summed E-state index contributed by atoms with van der Waals surface area (Å²) >= 11 is 13.7. The summed E-state index contributed by atoms with van der Waals surface area (Å²) in [6.45, 7) is 2.77. The number of carbonyl (C=O) groups is 2. The van der Waals surface area contributed by atoms with E-state index in [4.69, 9.17) is 23.2 Å². The van der Waals surface area contributed by atoms with Crippen LogP contribution in [0.15, 0.2) is 76.5 Å². The number of hydrogen-bond donors (Lipinski definition) is 0. The van der Waals surface area contributed by atoms with E-state index in [1.54, 1.807) is 18.0 Å². The third-order valence-electron chi connectivity index (χ3n) is 6.25. The lowest BCUT2D eigenvalue weighted by atomic mass is 10.1.